The summed E-state index contributed by atoms with van der Waals surface area (Å²) in [4.78, 5) is 0. The lowest BCUT2D eigenvalue weighted by atomic mass is 10.1. The molecule has 0 aliphatic rings. The van der Waals surface area contributed by atoms with E-state index in [1.165, 1.54) is 64.4 Å². The monoisotopic (exact) mass is 666 g/mol. The molecule has 0 amide bonds. The molecule has 0 fully saturated rings. The maximum atomic E-state index is 2.53. The van der Waals surface area contributed by atoms with Crippen molar-refractivity contribution in [2.45, 2.75) is 0 Å². The Labute approximate surface area is 298 Å². The molecule has 2 heterocycles. The molecule has 0 aliphatic carbocycles. The second-order valence-electron chi connectivity index (χ2n) is 13.3. The van der Waals surface area contributed by atoms with Crippen molar-refractivity contribution in [3.63, 3.8) is 0 Å². The summed E-state index contributed by atoms with van der Waals surface area (Å²) in [6.07, 6.45) is 0. The summed E-state index contributed by atoms with van der Waals surface area (Å²) in [7, 11) is -2.86. The van der Waals surface area contributed by atoms with Crippen molar-refractivity contribution in [3.05, 3.63) is 206 Å². The molecular formula is C48H34N2Si. The number of nitrogens with zero attached hydrogens (tertiary/aromatic N) is 2. The van der Waals surface area contributed by atoms with E-state index < -0.39 is 8.07 Å². The van der Waals surface area contributed by atoms with Crippen LogP contribution < -0.4 is 20.7 Å². The van der Waals surface area contributed by atoms with Gasteiger partial charge in [-0.2, -0.15) is 0 Å². The van der Waals surface area contributed by atoms with E-state index in [4.69, 9.17) is 0 Å². The van der Waals surface area contributed by atoms with Crippen LogP contribution in [0, 0.1) is 0 Å². The van der Waals surface area contributed by atoms with Crippen LogP contribution in [0.3, 0.4) is 0 Å². The van der Waals surface area contributed by atoms with Crippen molar-refractivity contribution >= 4 is 72.4 Å². The molecule has 3 heteroatoms. The highest BCUT2D eigenvalue weighted by Gasteiger charge is 2.43. The number of rotatable bonds is 6. The van der Waals surface area contributed by atoms with Gasteiger partial charge in [0.1, 0.15) is 0 Å². The van der Waals surface area contributed by atoms with Gasteiger partial charge >= 0.3 is 0 Å². The summed E-state index contributed by atoms with van der Waals surface area (Å²) in [6.45, 7) is 0. The molecule has 51 heavy (non-hydrogen) atoms. The fraction of sp³-hybridized carbons (Fsp3) is 0. The normalized spacial score (nSPS) is 11.9. The minimum atomic E-state index is -2.86. The van der Waals surface area contributed by atoms with Gasteiger partial charge in [-0.1, -0.05) is 164 Å². The molecule has 0 bridgehead atoms. The van der Waals surface area contributed by atoms with Crippen LogP contribution in [0.15, 0.2) is 206 Å². The SMILES string of the molecule is c1ccc(-n2c3ccccc3c3c2ccc2c4c([Si](c5ccccc5)(c5ccccc5)c5ccccc5)cccc4n(-c4ccccc4)c23)cc1. The predicted molar refractivity (Wildman–Crippen MR) is 219 cm³/mol. The largest absolute Gasteiger partial charge is 0.309 e. The van der Waals surface area contributed by atoms with E-state index in [0.29, 0.717) is 0 Å². The molecule has 0 N–H and O–H groups in total. The van der Waals surface area contributed by atoms with Gasteiger partial charge in [0.15, 0.2) is 8.07 Å². The van der Waals surface area contributed by atoms with E-state index in [2.05, 4.69) is 215 Å². The highest BCUT2D eigenvalue weighted by atomic mass is 28.3. The first-order chi connectivity index (χ1) is 25.4. The third kappa shape index (κ3) is 4.35. The summed E-state index contributed by atoms with van der Waals surface area (Å²) >= 11 is 0. The minimum Gasteiger partial charge on any atom is -0.309 e. The first-order valence-electron chi connectivity index (χ1n) is 17.6. The summed E-state index contributed by atoms with van der Waals surface area (Å²) in [5, 5.41) is 10.6. The number of aromatic nitrogens is 2. The van der Waals surface area contributed by atoms with Gasteiger partial charge in [0, 0.05) is 32.9 Å². The Morgan fingerprint density at radius 3 is 1.31 bits per heavy atom. The Kier molecular flexibility index (Phi) is 6.86. The Bertz CT molecular complexity index is 2730. The number of para-hydroxylation sites is 3. The van der Waals surface area contributed by atoms with E-state index in [1.807, 2.05) is 0 Å². The van der Waals surface area contributed by atoms with Gasteiger partial charge < -0.3 is 9.13 Å². The van der Waals surface area contributed by atoms with E-state index in [0.717, 1.165) is 11.4 Å². The van der Waals surface area contributed by atoms with E-state index in [-0.39, 0.29) is 0 Å². The van der Waals surface area contributed by atoms with Crippen molar-refractivity contribution in [2.75, 3.05) is 0 Å². The molecule has 0 saturated carbocycles. The topological polar surface area (TPSA) is 9.86 Å². The standard InChI is InChI=1S/C48H34N2Si/c1-6-19-35(20-7-1)49-42-30-17-16-29-40(42)47-44(49)34-33-41-46-43(50(48(41)47)36-21-8-2-9-22-36)31-18-32-45(46)51(37-23-10-3-11-24-37,38-25-12-4-13-26-38)39-27-14-5-15-28-39/h1-34H. The molecule has 0 atom stereocenters. The van der Waals surface area contributed by atoms with Gasteiger partial charge in [-0.05, 0) is 63.2 Å². The molecule has 240 valence electrons. The Hall–Kier alpha value is -6.42. The molecule has 0 radical (unpaired) electrons. The molecule has 0 aliphatic heterocycles. The molecule has 2 nitrogen and oxygen atoms in total. The Morgan fingerprint density at radius 1 is 0.294 bits per heavy atom. The average molecular weight is 667 g/mol. The Morgan fingerprint density at radius 2 is 0.745 bits per heavy atom. The quantitative estimate of drug-likeness (QED) is 0.124. The zero-order valence-corrected chi connectivity index (χ0v) is 29.0. The summed E-state index contributed by atoms with van der Waals surface area (Å²) < 4.78 is 4.95. The third-order valence-electron chi connectivity index (χ3n) is 10.6. The lowest BCUT2D eigenvalue weighted by Crippen LogP contribution is -2.74. The number of fused-ring (bicyclic) bond motifs is 7. The lowest BCUT2D eigenvalue weighted by Gasteiger charge is -2.35. The number of hydrogen-bond donors (Lipinski definition) is 0. The zero-order chi connectivity index (χ0) is 33.8. The maximum absolute atomic E-state index is 2.86. The molecule has 0 unspecified atom stereocenters. The lowest BCUT2D eigenvalue weighted by molar-refractivity contribution is 1.17. The van der Waals surface area contributed by atoms with Gasteiger partial charge in [-0.3, -0.25) is 0 Å². The van der Waals surface area contributed by atoms with E-state index in [9.17, 15) is 0 Å². The molecule has 0 spiro atoms. The van der Waals surface area contributed by atoms with Crippen molar-refractivity contribution < 1.29 is 0 Å². The van der Waals surface area contributed by atoms with Crippen LogP contribution in [-0.2, 0) is 0 Å². The molecule has 10 rings (SSSR count). The second kappa shape index (κ2) is 11.9. The van der Waals surface area contributed by atoms with Crippen LogP contribution in [0.2, 0.25) is 0 Å². The highest BCUT2D eigenvalue weighted by Crippen LogP contribution is 2.42. The molecule has 8 aromatic carbocycles. The first-order valence-corrected chi connectivity index (χ1v) is 19.6. The van der Waals surface area contributed by atoms with Crippen molar-refractivity contribution in [2.24, 2.45) is 0 Å². The van der Waals surface area contributed by atoms with Crippen LogP contribution in [-0.4, -0.2) is 17.2 Å². The van der Waals surface area contributed by atoms with E-state index >= 15 is 0 Å². The number of hydrogen-bond acceptors (Lipinski definition) is 0. The Balaban J connectivity index is 1.45. The fourth-order valence-corrected chi connectivity index (χ4v) is 13.6. The van der Waals surface area contributed by atoms with Crippen LogP contribution >= 0.6 is 0 Å². The fourth-order valence-electron chi connectivity index (χ4n) is 8.65. The molecule has 2 aromatic heterocycles. The third-order valence-corrected chi connectivity index (χ3v) is 15.5. The maximum Gasteiger partial charge on any atom is 0.180 e. The second-order valence-corrected chi connectivity index (χ2v) is 17.0. The minimum absolute atomic E-state index is 1.16. The predicted octanol–water partition coefficient (Wildman–Crippen LogP) is 9.26. The zero-order valence-electron chi connectivity index (χ0n) is 28.0. The molecule has 10 aromatic rings. The highest BCUT2D eigenvalue weighted by molar-refractivity contribution is 7.20. The van der Waals surface area contributed by atoms with Gasteiger partial charge in [-0.15, -0.1) is 0 Å². The van der Waals surface area contributed by atoms with Crippen molar-refractivity contribution in [3.8, 4) is 11.4 Å². The first kappa shape index (κ1) is 29.5. The van der Waals surface area contributed by atoms with Crippen molar-refractivity contribution in [1.29, 1.82) is 0 Å². The molecule has 0 saturated heterocycles. The summed E-state index contributed by atoms with van der Waals surface area (Å²) in [5.74, 6) is 0. The van der Waals surface area contributed by atoms with Crippen LogP contribution in [0.4, 0.5) is 0 Å². The van der Waals surface area contributed by atoms with Gasteiger partial charge in [-0.25, -0.2) is 0 Å². The van der Waals surface area contributed by atoms with Crippen LogP contribution in [0.5, 0.6) is 0 Å². The van der Waals surface area contributed by atoms with Crippen LogP contribution in [0.25, 0.3) is 55.0 Å². The summed E-state index contributed by atoms with van der Waals surface area (Å²) in [5.41, 5.74) is 7.19. The van der Waals surface area contributed by atoms with Gasteiger partial charge in [0.05, 0.1) is 22.1 Å². The summed E-state index contributed by atoms with van der Waals surface area (Å²) in [6, 6.07) is 76.1. The van der Waals surface area contributed by atoms with E-state index in [1.54, 1.807) is 0 Å². The smallest absolute Gasteiger partial charge is 0.180 e. The number of benzene rings is 8. The molecular weight excluding hydrogens is 633 g/mol. The van der Waals surface area contributed by atoms with Crippen molar-refractivity contribution in [1.82, 2.24) is 9.13 Å². The van der Waals surface area contributed by atoms with Gasteiger partial charge in [0.25, 0.3) is 0 Å². The van der Waals surface area contributed by atoms with Crippen LogP contribution in [0.1, 0.15) is 0 Å². The average Bonchev–Trinajstić information content (AvgIpc) is 3.73. The van der Waals surface area contributed by atoms with Gasteiger partial charge in [0.2, 0.25) is 0 Å².